The van der Waals surface area contributed by atoms with Crippen LogP contribution in [0, 0.1) is 0 Å². The monoisotopic (exact) mass is 289 g/mol. The molecule has 1 aromatic heterocycles. The zero-order valence-corrected chi connectivity index (χ0v) is 12.1. The van der Waals surface area contributed by atoms with Crippen LogP contribution in [0.25, 0.3) is 0 Å². The van der Waals surface area contributed by atoms with Crippen molar-refractivity contribution in [1.82, 2.24) is 5.32 Å². The quantitative estimate of drug-likeness (QED) is 0.819. The molecule has 1 heterocycles. The molecular formula is C12H20BrNS. The van der Waals surface area contributed by atoms with E-state index < -0.39 is 0 Å². The standard InChI is InChI=1S/C12H20BrNS/c1-4-6-14-10(3)8-9(2)12-11(13)5-7-15-12/h5,7,9-10,14H,4,6,8H2,1-3H3. The van der Waals surface area contributed by atoms with Crippen LogP contribution in [0.2, 0.25) is 0 Å². The lowest BCUT2D eigenvalue weighted by Gasteiger charge is -2.17. The van der Waals surface area contributed by atoms with E-state index in [-0.39, 0.29) is 0 Å². The Kier molecular flexibility index (Phi) is 5.87. The maximum Gasteiger partial charge on any atom is 0.0317 e. The summed E-state index contributed by atoms with van der Waals surface area (Å²) >= 11 is 5.45. The van der Waals surface area contributed by atoms with Crippen molar-refractivity contribution in [2.24, 2.45) is 0 Å². The van der Waals surface area contributed by atoms with Gasteiger partial charge in [0, 0.05) is 15.4 Å². The van der Waals surface area contributed by atoms with E-state index in [4.69, 9.17) is 0 Å². The highest BCUT2D eigenvalue weighted by Crippen LogP contribution is 2.32. The Morgan fingerprint density at radius 1 is 1.47 bits per heavy atom. The maximum absolute atomic E-state index is 3.60. The third kappa shape index (κ3) is 4.25. The molecule has 0 amide bonds. The molecule has 0 aliphatic heterocycles. The van der Waals surface area contributed by atoms with Gasteiger partial charge in [-0.25, -0.2) is 0 Å². The van der Waals surface area contributed by atoms with Crippen LogP contribution in [-0.2, 0) is 0 Å². The lowest BCUT2D eigenvalue weighted by atomic mass is 10.0. The van der Waals surface area contributed by atoms with E-state index >= 15 is 0 Å². The first-order valence-electron chi connectivity index (χ1n) is 5.61. The summed E-state index contributed by atoms with van der Waals surface area (Å²) in [4.78, 5) is 1.47. The highest BCUT2D eigenvalue weighted by Gasteiger charge is 2.13. The fraction of sp³-hybridized carbons (Fsp3) is 0.667. The molecular weight excluding hydrogens is 270 g/mol. The van der Waals surface area contributed by atoms with Gasteiger partial charge in [0.15, 0.2) is 0 Å². The van der Waals surface area contributed by atoms with Crippen LogP contribution in [-0.4, -0.2) is 12.6 Å². The molecule has 0 saturated heterocycles. The summed E-state index contributed by atoms with van der Waals surface area (Å²) in [5.41, 5.74) is 0. The molecule has 0 aromatic carbocycles. The van der Waals surface area contributed by atoms with Crippen LogP contribution in [0.1, 0.15) is 44.4 Å². The number of hydrogen-bond donors (Lipinski definition) is 1. The molecule has 15 heavy (non-hydrogen) atoms. The van der Waals surface area contributed by atoms with Gasteiger partial charge in [-0.3, -0.25) is 0 Å². The van der Waals surface area contributed by atoms with E-state index in [1.807, 2.05) is 11.3 Å². The molecule has 0 spiro atoms. The molecule has 2 atom stereocenters. The molecule has 3 heteroatoms. The lowest BCUT2D eigenvalue weighted by Crippen LogP contribution is -2.27. The number of thiophene rings is 1. The van der Waals surface area contributed by atoms with Gasteiger partial charge in [-0.1, -0.05) is 13.8 Å². The lowest BCUT2D eigenvalue weighted by molar-refractivity contribution is 0.481. The molecule has 1 nitrogen and oxygen atoms in total. The van der Waals surface area contributed by atoms with Crippen LogP contribution in [0.5, 0.6) is 0 Å². The normalized spacial score (nSPS) is 15.2. The highest BCUT2D eigenvalue weighted by molar-refractivity contribution is 9.10. The second-order valence-electron chi connectivity index (χ2n) is 4.12. The van der Waals surface area contributed by atoms with Crippen LogP contribution in [0.3, 0.4) is 0 Å². The van der Waals surface area contributed by atoms with E-state index in [1.54, 1.807) is 0 Å². The van der Waals surface area contributed by atoms with E-state index in [0.29, 0.717) is 12.0 Å². The fourth-order valence-electron chi connectivity index (χ4n) is 1.77. The van der Waals surface area contributed by atoms with Crippen LogP contribution >= 0.6 is 27.3 Å². The summed E-state index contributed by atoms with van der Waals surface area (Å²) in [7, 11) is 0. The Morgan fingerprint density at radius 3 is 2.73 bits per heavy atom. The summed E-state index contributed by atoms with van der Waals surface area (Å²) in [6.45, 7) is 7.91. The zero-order chi connectivity index (χ0) is 11.3. The van der Waals surface area contributed by atoms with Crippen molar-refractivity contribution in [3.8, 4) is 0 Å². The molecule has 1 N–H and O–H groups in total. The first-order valence-corrected chi connectivity index (χ1v) is 7.28. The molecule has 0 radical (unpaired) electrons. The minimum atomic E-state index is 0.606. The van der Waals surface area contributed by atoms with E-state index in [1.165, 1.54) is 22.2 Å². The first-order chi connectivity index (χ1) is 7.15. The Balaban J connectivity index is 2.42. The minimum Gasteiger partial charge on any atom is -0.314 e. The number of halogens is 1. The van der Waals surface area contributed by atoms with Gasteiger partial charge in [-0.05, 0) is 59.6 Å². The maximum atomic E-state index is 3.60. The smallest absolute Gasteiger partial charge is 0.0317 e. The average molecular weight is 290 g/mol. The van der Waals surface area contributed by atoms with Crippen molar-refractivity contribution >= 4 is 27.3 Å². The van der Waals surface area contributed by atoms with E-state index in [2.05, 4.69) is 53.5 Å². The summed E-state index contributed by atoms with van der Waals surface area (Å²) in [5.74, 6) is 0.638. The largest absolute Gasteiger partial charge is 0.314 e. The van der Waals surface area contributed by atoms with Gasteiger partial charge in [0.05, 0.1) is 0 Å². The second-order valence-corrected chi connectivity index (χ2v) is 5.93. The zero-order valence-electron chi connectivity index (χ0n) is 9.72. The molecule has 0 bridgehead atoms. The molecule has 0 saturated carbocycles. The highest BCUT2D eigenvalue weighted by atomic mass is 79.9. The molecule has 0 fully saturated rings. The van der Waals surface area contributed by atoms with Gasteiger partial charge in [-0.2, -0.15) is 0 Å². The third-order valence-corrected chi connectivity index (χ3v) is 4.64. The van der Waals surface area contributed by atoms with Gasteiger partial charge in [0.2, 0.25) is 0 Å². The van der Waals surface area contributed by atoms with E-state index in [9.17, 15) is 0 Å². The predicted molar refractivity (Wildman–Crippen MR) is 72.8 cm³/mol. The number of hydrogen-bond acceptors (Lipinski definition) is 2. The van der Waals surface area contributed by atoms with E-state index in [0.717, 1.165) is 6.54 Å². The van der Waals surface area contributed by atoms with Crippen LogP contribution < -0.4 is 5.32 Å². The Morgan fingerprint density at radius 2 is 2.20 bits per heavy atom. The molecule has 2 unspecified atom stereocenters. The Hall–Kier alpha value is 0.140. The van der Waals surface area contributed by atoms with Crippen molar-refractivity contribution in [3.63, 3.8) is 0 Å². The van der Waals surface area contributed by atoms with Crippen molar-refractivity contribution in [3.05, 3.63) is 20.8 Å². The summed E-state index contributed by atoms with van der Waals surface area (Å²) in [6.07, 6.45) is 2.42. The molecule has 0 aliphatic carbocycles. The summed E-state index contributed by atoms with van der Waals surface area (Å²) in [6, 6.07) is 2.75. The van der Waals surface area contributed by atoms with Gasteiger partial charge in [0.1, 0.15) is 0 Å². The van der Waals surface area contributed by atoms with Crippen molar-refractivity contribution in [2.75, 3.05) is 6.54 Å². The summed E-state index contributed by atoms with van der Waals surface area (Å²) in [5, 5.41) is 5.69. The fourth-order valence-corrected chi connectivity index (χ4v) is 3.61. The van der Waals surface area contributed by atoms with Crippen molar-refractivity contribution in [2.45, 2.75) is 45.6 Å². The average Bonchev–Trinajstić information content (AvgIpc) is 2.61. The Labute approximate surface area is 105 Å². The molecule has 86 valence electrons. The van der Waals surface area contributed by atoms with Crippen LogP contribution in [0.4, 0.5) is 0 Å². The first kappa shape index (κ1) is 13.2. The van der Waals surface area contributed by atoms with Gasteiger partial charge >= 0.3 is 0 Å². The topological polar surface area (TPSA) is 12.0 Å². The SMILES string of the molecule is CCCNC(C)CC(C)c1sccc1Br. The predicted octanol–water partition coefficient (Wildman–Crippen LogP) is 4.39. The van der Waals surface area contributed by atoms with Gasteiger partial charge < -0.3 is 5.32 Å². The number of nitrogens with one attached hydrogen (secondary N) is 1. The van der Waals surface area contributed by atoms with Crippen LogP contribution in [0.15, 0.2) is 15.9 Å². The van der Waals surface area contributed by atoms with Gasteiger partial charge in [0.25, 0.3) is 0 Å². The van der Waals surface area contributed by atoms with Crippen molar-refractivity contribution in [1.29, 1.82) is 0 Å². The third-order valence-electron chi connectivity index (χ3n) is 2.54. The molecule has 1 rings (SSSR count). The number of rotatable bonds is 6. The summed E-state index contributed by atoms with van der Waals surface area (Å²) < 4.78 is 1.27. The minimum absolute atomic E-state index is 0.606. The second kappa shape index (κ2) is 6.66. The Bertz CT molecular complexity index is 285. The molecule has 0 aliphatic rings. The van der Waals surface area contributed by atoms with Gasteiger partial charge in [-0.15, -0.1) is 11.3 Å². The molecule has 1 aromatic rings. The van der Waals surface area contributed by atoms with Crippen molar-refractivity contribution < 1.29 is 0 Å².